The van der Waals surface area contributed by atoms with Crippen LogP contribution >= 0.6 is 10.7 Å². The van der Waals surface area contributed by atoms with Gasteiger partial charge in [0.25, 0.3) is 9.05 Å². The van der Waals surface area contributed by atoms with Crippen LogP contribution < -0.4 is 4.74 Å². The molecular weight excluding hydrogens is 319 g/mol. The van der Waals surface area contributed by atoms with Gasteiger partial charge in [0, 0.05) is 16.9 Å². The minimum absolute atomic E-state index is 0.0150. The fourth-order valence-electron chi connectivity index (χ4n) is 1.54. The molecule has 0 amide bonds. The first-order valence-corrected chi connectivity index (χ1v) is 7.93. The van der Waals surface area contributed by atoms with Crippen LogP contribution in [0.3, 0.4) is 0 Å². The van der Waals surface area contributed by atoms with E-state index in [1.807, 2.05) is 6.07 Å². The number of pyridine rings is 1. The fraction of sp³-hybridized carbons (Fsp3) is 0.0769. The number of hydrogen-bond acceptors (Lipinski definition) is 5. The first-order chi connectivity index (χ1) is 9.90. The fourth-order valence-corrected chi connectivity index (χ4v) is 2.30. The lowest BCUT2D eigenvalue weighted by Gasteiger charge is -2.08. The van der Waals surface area contributed by atoms with Crippen LogP contribution in [0.25, 0.3) is 0 Å². The molecule has 108 valence electrons. The Bertz CT molecular complexity index is 818. The molecule has 0 radical (unpaired) electrons. The highest BCUT2D eigenvalue weighted by Crippen LogP contribution is 2.24. The predicted octanol–water partition coefficient (Wildman–Crippen LogP) is 2.60. The van der Waals surface area contributed by atoms with Crippen molar-refractivity contribution in [3.63, 3.8) is 0 Å². The van der Waals surface area contributed by atoms with Crippen LogP contribution in [0.15, 0.2) is 41.4 Å². The molecule has 5 nitrogen and oxygen atoms in total. The van der Waals surface area contributed by atoms with E-state index < -0.39 is 14.9 Å². The van der Waals surface area contributed by atoms with Gasteiger partial charge in [0.15, 0.2) is 11.6 Å². The summed E-state index contributed by atoms with van der Waals surface area (Å²) in [7, 11) is 1.13. The van der Waals surface area contributed by atoms with E-state index >= 15 is 0 Å². The van der Waals surface area contributed by atoms with Crippen LogP contribution in [0.1, 0.15) is 11.3 Å². The number of nitriles is 1. The van der Waals surface area contributed by atoms with Gasteiger partial charge >= 0.3 is 0 Å². The van der Waals surface area contributed by atoms with Crippen LogP contribution in [-0.2, 0) is 15.7 Å². The maximum atomic E-state index is 13.7. The van der Waals surface area contributed by atoms with E-state index in [0.717, 1.165) is 12.1 Å². The number of aromatic nitrogens is 1. The summed E-state index contributed by atoms with van der Waals surface area (Å²) >= 11 is 0. The molecule has 0 spiro atoms. The largest absolute Gasteiger partial charge is 0.486 e. The molecule has 21 heavy (non-hydrogen) atoms. The van der Waals surface area contributed by atoms with E-state index in [2.05, 4.69) is 4.98 Å². The summed E-state index contributed by atoms with van der Waals surface area (Å²) in [6.07, 6.45) is 1.44. The van der Waals surface area contributed by atoms with Gasteiger partial charge in [-0.05, 0) is 35.9 Å². The van der Waals surface area contributed by atoms with E-state index in [1.54, 1.807) is 6.07 Å². The van der Waals surface area contributed by atoms with Crippen molar-refractivity contribution in [3.8, 4) is 11.8 Å². The van der Waals surface area contributed by atoms with Gasteiger partial charge in [-0.3, -0.25) is 0 Å². The Morgan fingerprint density at radius 2 is 2.10 bits per heavy atom. The molecule has 0 saturated heterocycles. The molecule has 2 aromatic rings. The van der Waals surface area contributed by atoms with Crippen molar-refractivity contribution in [3.05, 3.63) is 53.6 Å². The molecule has 0 unspecified atom stereocenters. The number of nitrogens with zero attached hydrogens (tertiary/aromatic N) is 2. The van der Waals surface area contributed by atoms with Crippen LogP contribution in [0.4, 0.5) is 4.39 Å². The second-order valence-electron chi connectivity index (χ2n) is 3.98. The summed E-state index contributed by atoms with van der Waals surface area (Å²) in [5.41, 5.74) is 0.857. The smallest absolute Gasteiger partial charge is 0.261 e. The third-order valence-corrected chi connectivity index (χ3v) is 3.87. The molecule has 8 heteroatoms. The van der Waals surface area contributed by atoms with Gasteiger partial charge < -0.3 is 4.74 Å². The molecule has 0 aliphatic heterocycles. The molecule has 2 rings (SSSR count). The molecule has 0 aliphatic carbocycles. The minimum Gasteiger partial charge on any atom is -0.486 e. The zero-order valence-corrected chi connectivity index (χ0v) is 12.0. The SMILES string of the molecule is N#Cc1cc(COc2ccc(S(=O)(=O)Cl)cc2F)ccn1. The standard InChI is InChI=1S/C13H8ClFN2O3S/c14-21(18,19)11-1-2-13(12(15)6-11)20-8-9-3-4-17-10(5-9)7-16/h1-6H,8H2. The molecule has 0 atom stereocenters. The summed E-state index contributed by atoms with van der Waals surface area (Å²) in [5, 5.41) is 8.72. The monoisotopic (exact) mass is 326 g/mol. The van der Waals surface area contributed by atoms with Gasteiger partial charge in [-0.25, -0.2) is 17.8 Å². The van der Waals surface area contributed by atoms with E-state index in [4.69, 9.17) is 20.7 Å². The maximum absolute atomic E-state index is 13.7. The zero-order chi connectivity index (χ0) is 15.5. The third kappa shape index (κ3) is 3.90. The van der Waals surface area contributed by atoms with Crippen molar-refractivity contribution < 1.29 is 17.5 Å². The van der Waals surface area contributed by atoms with Crippen LogP contribution in [-0.4, -0.2) is 13.4 Å². The van der Waals surface area contributed by atoms with E-state index in [-0.39, 0.29) is 22.9 Å². The van der Waals surface area contributed by atoms with Crippen LogP contribution in [0.2, 0.25) is 0 Å². The van der Waals surface area contributed by atoms with E-state index in [0.29, 0.717) is 5.56 Å². The lowest BCUT2D eigenvalue weighted by Crippen LogP contribution is -2.00. The van der Waals surface area contributed by atoms with Crippen molar-refractivity contribution in [1.82, 2.24) is 4.98 Å². The zero-order valence-electron chi connectivity index (χ0n) is 10.5. The Balaban J connectivity index is 2.15. The second kappa shape index (κ2) is 6.08. The molecule has 0 fully saturated rings. The first-order valence-electron chi connectivity index (χ1n) is 5.62. The number of halogens is 2. The topological polar surface area (TPSA) is 80.0 Å². The normalized spacial score (nSPS) is 10.9. The molecule has 0 aliphatic rings. The van der Waals surface area contributed by atoms with Gasteiger partial charge in [0.1, 0.15) is 18.4 Å². The van der Waals surface area contributed by atoms with Crippen molar-refractivity contribution in [1.29, 1.82) is 5.26 Å². The molecule has 0 N–H and O–H groups in total. The maximum Gasteiger partial charge on any atom is 0.261 e. The summed E-state index contributed by atoms with van der Waals surface area (Å²) < 4.78 is 41.1. The first kappa shape index (κ1) is 15.2. The second-order valence-corrected chi connectivity index (χ2v) is 6.55. The summed E-state index contributed by atoms with van der Waals surface area (Å²) in [5.74, 6) is -0.958. The van der Waals surface area contributed by atoms with Gasteiger partial charge in [0.2, 0.25) is 0 Å². The molecule has 1 heterocycles. The summed E-state index contributed by atoms with van der Waals surface area (Å²) in [6, 6.07) is 8.12. The highest BCUT2D eigenvalue weighted by Gasteiger charge is 2.13. The molecule has 0 bridgehead atoms. The van der Waals surface area contributed by atoms with Gasteiger partial charge in [0.05, 0.1) is 4.90 Å². The van der Waals surface area contributed by atoms with Crippen LogP contribution in [0, 0.1) is 17.1 Å². The highest BCUT2D eigenvalue weighted by molar-refractivity contribution is 8.13. The van der Waals surface area contributed by atoms with Crippen LogP contribution in [0.5, 0.6) is 5.75 Å². The van der Waals surface area contributed by atoms with Crippen molar-refractivity contribution in [2.24, 2.45) is 0 Å². The highest BCUT2D eigenvalue weighted by atomic mass is 35.7. The quantitative estimate of drug-likeness (QED) is 0.807. The van der Waals surface area contributed by atoms with Crippen molar-refractivity contribution >= 4 is 19.7 Å². The average Bonchev–Trinajstić information content (AvgIpc) is 2.45. The Hall–Kier alpha value is -2.17. The Morgan fingerprint density at radius 3 is 2.71 bits per heavy atom. The number of ether oxygens (including phenoxy) is 1. The number of rotatable bonds is 4. The van der Waals surface area contributed by atoms with E-state index in [9.17, 15) is 12.8 Å². The lowest BCUT2D eigenvalue weighted by atomic mass is 10.2. The van der Waals surface area contributed by atoms with Crippen molar-refractivity contribution in [2.75, 3.05) is 0 Å². The lowest BCUT2D eigenvalue weighted by molar-refractivity contribution is 0.289. The predicted molar refractivity (Wildman–Crippen MR) is 72.7 cm³/mol. The van der Waals surface area contributed by atoms with E-state index in [1.165, 1.54) is 18.3 Å². The Labute approximate surface area is 125 Å². The summed E-state index contributed by atoms with van der Waals surface area (Å²) in [4.78, 5) is 3.45. The summed E-state index contributed by atoms with van der Waals surface area (Å²) in [6.45, 7) is 0.0150. The third-order valence-electron chi connectivity index (χ3n) is 2.52. The molecule has 1 aromatic heterocycles. The molecular formula is C13H8ClFN2O3S. The molecule has 0 saturated carbocycles. The van der Waals surface area contributed by atoms with Crippen molar-refractivity contribution in [2.45, 2.75) is 11.5 Å². The van der Waals surface area contributed by atoms with Gasteiger partial charge in [-0.1, -0.05) is 0 Å². The minimum atomic E-state index is -3.99. The van der Waals surface area contributed by atoms with Gasteiger partial charge in [-0.15, -0.1) is 0 Å². The Kier molecular flexibility index (Phi) is 4.40. The number of benzene rings is 1. The Morgan fingerprint density at radius 1 is 1.33 bits per heavy atom. The number of hydrogen-bond donors (Lipinski definition) is 0. The molecule has 1 aromatic carbocycles. The van der Waals surface area contributed by atoms with Gasteiger partial charge in [-0.2, -0.15) is 5.26 Å². The average molecular weight is 327 g/mol.